The van der Waals surface area contributed by atoms with Crippen molar-refractivity contribution in [1.29, 1.82) is 0 Å². The van der Waals surface area contributed by atoms with Gasteiger partial charge in [0.05, 0.1) is 0 Å². The number of hydrogen-bond donors (Lipinski definition) is 0. The van der Waals surface area contributed by atoms with Gasteiger partial charge in [0.25, 0.3) is 5.56 Å². The molecule has 0 aliphatic carbocycles. The summed E-state index contributed by atoms with van der Waals surface area (Å²) in [7, 11) is 0. The monoisotopic (exact) mass is 258 g/mol. The van der Waals surface area contributed by atoms with E-state index in [1.807, 2.05) is 0 Å². The number of fused-ring (bicyclic) bond motifs is 4. The van der Waals surface area contributed by atoms with Crippen molar-refractivity contribution in [3.63, 3.8) is 0 Å². The molecule has 3 aromatic rings. The van der Waals surface area contributed by atoms with Crippen LogP contribution in [0.15, 0.2) is 17.2 Å². The predicted molar refractivity (Wildman–Crippen MR) is 69.9 cm³/mol. The fourth-order valence-corrected chi connectivity index (χ4v) is 3.46. The Kier molecular flexibility index (Phi) is 2.02. The van der Waals surface area contributed by atoms with Crippen LogP contribution in [0.3, 0.4) is 0 Å². The first-order valence-electron chi connectivity index (χ1n) is 5.97. The van der Waals surface area contributed by atoms with E-state index in [0.29, 0.717) is 4.70 Å². The van der Waals surface area contributed by atoms with Gasteiger partial charge in [-0.05, 0) is 12.8 Å². The fraction of sp³-hybridized carbons (Fsp3) is 0.333. The summed E-state index contributed by atoms with van der Waals surface area (Å²) >= 11 is 1.39. The van der Waals surface area contributed by atoms with Crippen molar-refractivity contribution in [2.24, 2.45) is 0 Å². The minimum Gasteiger partial charge on any atom is -0.295 e. The summed E-state index contributed by atoms with van der Waals surface area (Å²) in [6.07, 6.45) is 6.33. The quantitative estimate of drug-likeness (QED) is 0.616. The van der Waals surface area contributed by atoms with Crippen molar-refractivity contribution >= 4 is 31.9 Å². The summed E-state index contributed by atoms with van der Waals surface area (Å²) in [5.74, 6) is 0.893. The van der Waals surface area contributed by atoms with Crippen molar-refractivity contribution in [3.05, 3.63) is 28.6 Å². The second-order valence-electron chi connectivity index (χ2n) is 4.43. The molecule has 0 fully saturated rings. The van der Waals surface area contributed by atoms with E-state index in [9.17, 15) is 4.79 Å². The summed E-state index contributed by atoms with van der Waals surface area (Å²) in [6, 6.07) is 0. The maximum absolute atomic E-state index is 12.4. The van der Waals surface area contributed by atoms with E-state index in [-0.39, 0.29) is 5.56 Å². The third-order valence-electron chi connectivity index (χ3n) is 3.33. The maximum atomic E-state index is 12.4. The van der Waals surface area contributed by atoms with Crippen molar-refractivity contribution < 1.29 is 0 Å². The molecule has 0 unspecified atom stereocenters. The largest absolute Gasteiger partial charge is 0.295 e. The molecular weight excluding hydrogens is 248 g/mol. The molecule has 1 aliphatic rings. The average Bonchev–Trinajstić information content (AvgIpc) is 2.79. The SMILES string of the molecule is O=c1c2sc3nccnc3c2nc2n1CCCC2. The van der Waals surface area contributed by atoms with Crippen LogP contribution in [0.4, 0.5) is 0 Å². The number of hydrogen-bond acceptors (Lipinski definition) is 5. The van der Waals surface area contributed by atoms with Crippen molar-refractivity contribution in [2.75, 3.05) is 0 Å². The molecule has 0 amide bonds. The molecule has 18 heavy (non-hydrogen) atoms. The van der Waals surface area contributed by atoms with Crippen molar-refractivity contribution in [2.45, 2.75) is 25.8 Å². The van der Waals surface area contributed by atoms with E-state index >= 15 is 0 Å². The standard InChI is InChI=1S/C12H10N4OS/c17-12-10-8(9-11(18-10)14-5-4-13-9)15-7-3-1-2-6-16(7)12/h4-5H,1-3,6H2. The van der Waals surface area contributed by atoms with E-state index in [2.05, 4.69) is 15.0 Å². The molecule has 0 N–H and O–H groups in total. The molecule has 4 rings (SSSR count). The van der Waals surface area contributed by atoms with Crippen LogP contribution >= 0.6 is 11.3 Å². The van der Waals surface area contributed by atoms with Crippen LogP contribution in [0.5, 0.6) is 0 Å². The van der Waals surface area contributed by atoms with Crippen molar-refractivity contribution in [1.82, 2.24) is 19.5 Å². The van der Waals surface area contributed by atoms with Gasteiger partial charge in [-0.1, -0.05) is 0 Å². The molecule has 4 heterocycles. The van der Waals surface area contributed by atoms with Crippen molar-refractivity contribution in [3.8, 4) is 0 Å². The summed E-state index contributed by atoms with van der Waals surface area (Å²) < 4.78 is 2.49. The highest BCUT2D eigenvalue weighted by molar-refractivity contribution is 7.25. The Hall–Kier alpha value is -1.82. The van der Waals surface area contributed by atoms with Gasteiger partial charge in [-0.15, -0.1) is 11.3 Å². The lowest BCUT2D eigenvalue weighted by molar-refractivity contribution is 0.501. The molecule has 6 heteroatoms. The summed E-state index contributed by atoms with van der Waals surface area (Å²) in [5, 5.41) is 0. The Morgan fingerprint density at radius 1 is 1.17 bits per heavy atom. The number of nitrogens with zero attached hydrogens (tertiary/aromatic N) is 4. The van der Waals surface area contributed by atoms with Crippen LogP contribution in [0.1, 0.15) is 18.7 Å². The number of rotatable bonds is 0. The number of aryl methyl sites for hydroxylation is 1. The first-order valence-corrected chi connectivity index (χ1v) is 6.79. The molecule has 0 saturated heterocycles. The number of thiophene rings is 1. The molecular formula is C12H10N4OS. The van der Waals surface area contributed by atoms with Gasteiger partial charge in [0.1, 0.15) is 26.4 Å². The smallest absolute Gasteiger partial charge is 0.271 e. The molecule has 1 aliphatic heterocycles. The third kappa shape index (κ3) is 1.26. The van der Waals surface area contributed by atoms with Gasteiger partial charge in [-0.2, -0.15) is 0 Å². The number of aromatic nitrogens is 4. The van der Waals surface area contributed by atoms with E-state index in [0.717, 1.165) is 47.5 Å². The second-order valence-corrected chi connectivity index (χ2v) is 5.43. The normalized spacial score (nSPS) is 15.1. The van der Waals surface area contributed by atoms with E-state index in [4.69, 9.17) is 0 Å². The fourth-order valence-electron chi connectivity index (χ4n) is 2.47. The lowest BCUT2D eigenvalue weighted by Crippen LogP contribution is -2.27. The molecule has 0 bridgehead atoms. The Morgan fingerprint density at radius 2 is 2.06 bits per heavy atom. The van der Waals surface area contributed by atoms with Crippen LogP contribution in [0.2, 0.25) is 0 Å². The van der Waals surface area contributed by atoms with E-state index in [1.165, 1.54) is 11.3 Å². The lowest BCUT2D eigenvalue weighted by atomic mass is 10.1. The summed E-state index contributed by atoms with van der Waals surface area (Å²) in [4.78, 5) is 26.4. The maximum Gasteiger partial charge on any atom is 0.271 e. The highest BCUT2D eigenvalue weighted by Gasteiger charge is 2.18. The topological polar surface area (TPSA) is 60.7 Å². The van der Waals surface area contributed by atoms with Crippen LogP contribution in [0.25, 0.3) is 20.6 Å². The third-order valence-corrected chi connectivity index (χ3v) is 4.39. The summed E-state index contributed by atoms with van der Waals surface area (Å²) in [6.45, 7) is 0.784. The van der Waals surface area contributed by atoms with Gasteiger partial charge in [0.15, 0.2) is 0 Å². The van der Waals surface area contributed by atoms with Crippen LogP contribution in [-0.4, -0.2) is 19.5 Å². The minimum absolute atomic E-state index is 0.0690. The molecule has 0 saturated carbocycles. The molecule has 0 atom stereocenters. The lowest BCUT2D eigenvalue weighted by Gasteiger charge is -2.16. The van der Waals surface area contributed by atoms with Crippen LogP contribution in [0, 0.1) is 0 Å². The Morgan fingerprint density at radius 3 is 3.00 bits per heavy atom. The first kappa shape index (κ1) is 10.1. The molecule has 3 aromatic heterocycles. The zero-order chi connectivity index (χ0) is 12.1. The highest BCUT2D eigenvalue weighted by atomic mass is 32.1. The van der Waals surface area contributed by atoms with Gasteiger partial charge < -0.3 is 0 Å². The summed E-state index contributed by atoms with van der Waals surface area (Å²) in [5.41, 5.74) is 1.55. The minimum atomic E-state index is 0.0690. The van der Waals surface area contributed by atoms with Gasteiger partial charge in [0, 0.05) is 25.4 Å². The highest BCUT2D eigenvalue weighted by Crippen LogP contribution is 2.27. The molecule has 0 radical (unpaired) electrons. The van der Waals surface area contributed by atoms with Gasteiger partial charge >= 0.3 is 0 Å². The first-order chi connectivity index (χ1) is 8.84. The average molecular weight is 258 g/mol. The zero-order valence-electron chi connectivity index (χ0n) is 9.59. The molecule has 90 valence electrons. The predicted octanol–water partition coefficient (Wildman–Crippen LogP) is 1.74. The van der Waals surface area contributed by atoms with Gasteiger partial charge in [-0.3, -0.25) is 9.36 Å². The Bertz CT molecular complexity index is 820. The molecule has 0 aromatic carbocycles. The van der Waals surface area contributed by atoms with Crippen LogP contribution < -0.4 is 5.56 Å². The van der Waals surface area contributed by atoms with E-state index < -0.39 is 0 Å². The molecule has 0 spiro atoms. The second kappa shape index (κ2) is 3.58. The Balaban J connectivity index is 2.21. The Labute approximate surface area is 106 Å². The van der Waals surface area contributed by atoms with Gasteiger partial charge in [0.2, 0.25) is 0 Å². The van der Waals surface area contributed by atoms with Gasteiger partial charge in [-0.25, -0.2) is 15.0 Å². The zero-order valence-corrected chi connectivity index (χ0v) is 10.4. The van der Waals surface area contributed by atoms with E-state index in [1.54, 1.807) is 17.0 Å². The molecule has 5 nitrogen and oxygen atoms in total. The van der Waals surface area contributed by atoms with Crippen LogP contribution in [-0.2, 0) is 13.0 Å².